The summed E-state index contributed by atoms with van der Waals surface area (Å²) in [6.07, 6.45) is 0. The standard InChI is InChI=1S/C13H19BrFNO/c1-8(2)13(7-17)16-9(3)10-4-5-12(15)11(14)6-10/h4-6,8-9,13,16-17H,7H2,1-3H3. The molecule has 1 aromatic carbocycles. The zero-order valence-electron chi connectivity index (χ0n) is 10.4. The Hall–Kier alpha value is -0.450. The molecule has 0 saturated carbocycles. The number of aliphatic hydroxyl groups is 1. The third kappa shape index (κ3) is 4.05. The van der Waals surface area contributed by atoms with Crippen LogP contribution in [0, 0.1) is 11.7 Å². The second-order valence-electron chi connectivity index (χ2n) is 4.59. The van der Waals surface area contributed by atoms with Gasteiger partial charge in [0.15, 0.2) is 0 Å². The topological polar surface area (TPSA) is 32.3 Å². The predicted octanol–water partition coefficient (Wildman–Crippen LogP) is 3.26. The van der Waals surface area contributed by atoms with Crippen LogP contribution in [-0.4, -0.2) is 17.8 Å². The molecule has 2 nitrogen and oxygen atoms in total. The molecule has 0 spiro atoms. The van der Waals surface area contributed by atoms with Crippen molar-refractivity contribution in [1.29, 1.82) is 0 Å². The van der Waals surface area contributed by atoms with Gasteiger partial charge in [0.2, 0.25) is 0 Å². The highest BCUT2D eigenvalue weighted by Gasteiger charge is 2.16. The summed E-state index contributed by atoms with van der Waals surface area (Å²) in [5, 5.41) is 12.6. The van der Waals surface area contributed by atoms with Crippen LogP contribution in [0.2, 0.25) is 0 Å². The van der Waals surface area contributed by atoms with Gasteiger partial charge >= 0.3 is 0 Å². The summed E-state index contributed by atoms with van der Waals surface area (Å²) in [6, 6.07) is 5.09. The minimum Gasteiger partial charge on any atom is -0.395 e. The Morgan fingerprint density at radius 1 is 1.35 bits per heavy atom. The fourth-order valence-electron chi connectivity index (χ4n) is 1.66. The smallest absolute Gasteiger partial charge is 0.137 e. The lowest BCUT2D eigenvalue weighted by molar-refractivity contribution is 0.201. The molecule has 0 heterocycles. The van der Waals surface area contributed by atoms with E-state index in [2.05, 4.69) is 35.1 Å². The quantitative estimate of drug-likeness (QED) is 0.875. The van der Waals surface area contributed by atoms with E-state index in [1.807, 2.05) is 6.92 Å². The first-order valence-corrected chi connectivity index (χ1v) is 6.56. The van der Waals surface area contributed by atoms with E-state index >= 15 is 0 Å². The second kappa shape index (κ2) is 6.47. The van der Waals surface area contributed by atoms with Crippen LogP contribution in [0.3, 0.4) is 0 Å². The summed E-state index contributed by atoms with van der Waals surface area (Å²) >= 11 is 3.17. The minimum absolute atomic E-state index is 0.0498. The molecule has 4 heteroatoms. The van der Waals surface area contributed by atoms with Crippen molar-refractivity contribution in [3.63, 3.8) is 0 Å². The lowest BCUT2D eigenvalue weighted by Crippen LogP contribution is -2.38. The van der Waals surface area contributed by atoms with Gasteiger partial charge in [-0.25, -0.2) is 4.39 Å². The van der Waals surface area contributed by atoms with Crippen LogP contribution in [-0.2, 0) is 0 Å². The first-order valence-electron chi connectivity index (χ1n) is 5.77. The molecule has 0 bridgehead atoms. The minimum atomic E-state index is -0.261. The van der Waals surface area contributed by atoms with Crippen molar-refractivity contribution in [3.8, 4) is 0 Å². The van der Waals surface area contributed by atoms with Gasteiger partial charge in [0.1, 0.15) is 5.82 Å². The molecular formula is C13H19BrFNO. The van der Waals surface area contributed by atoms with Gasteiger partial charge in [-0.05, 0) is 46.5 Å². The van der Waals surface area contributed by atoms with Gasteiger partial charge in [-0.1, -0.05) is 19.9 Å². The highest BCUT2D eigenvalue weighted by Crippen LogP contribution is 2.22. The van der Waals surface area contributed by atoms with E-state index in [1.165, 1.54) is 6.07 Å². The fraction of sp³-hybridized carbons (Fsp3) is 0.538. The van der Waals surface area contributed by atoms with E-state index in [-0.39, 0.29) is 24.5 Å². The summed E-state index contributed by atoms with van der Waals surface area (Å²) in [5.74, 6) is 0.0925. The van der Waals surface area contributed by atoms with Crippen LogP contribution in [0.1, 0.15) is 32.4 Å². The number of benzene rings is 1. The van der Waals surface area contributed by atoms with Crippen molar-refractivity contribution in [3.05, 3.63) is 34.1 Å². The van der Waals surface area contributed by atoms with Gasteiger partial charge in [0, 0.05) is 12.1 Å². The Morgan fingerprint density at radius 2 is 2.00 bits per heavy atom. The van der Waals surface area contributed by atoms with Gasteiger partial charge < -0.3 is 10.4 Å². The maximum absolute atomic E-state index is 13.1. The molecule has 2 atom stereocenters. The molecule has 2 unspecified atom stereocenters. The van der Waals surface area contributed by atoms with Crippen LogP contribution in [0.25, 0.3) is 0 Å². The number of rotatable bonds is 5. The van der Waals surface area contributed by atoms with Crippen LogP contribution in [0.15, 0.2) is 22.7 Å². The van der Waals surface area contributed by atoms with Crippen LogP contribution < -0.4 is 5.32 Å². The summed E-state index contributed by atoms with van der Waals surface area (Å²) in [7, 11) is 0. The maximum atomic E-state index is 13.1. The summed E-state index contributed by atoms with van der Waals surface area (Å²) in [5.41, 5.74) is 0.998. The van der Waals surface area contributed by atoms with E-state index < -0.39 is 0 Å². The van der Waals surface area contributed by atoms with Gasteiger partial charge in [-0.15, -0.1) is 0 Å². The van der Waals surface area contributed by atoms with Crippen molar-refractivity contribution in [1.82, 2.24) is 5.32 Å². The number of nitrogens with one attached hydrogen (secondary N) is 1. The molecule has 1 rings (SSSR count). The number of aliphatic hydroxyl groups excluding tert-OH is 1. The second-order valence-corrected chi connectivity index (χ2v) is 5.45. The molecular weight excluding hydrogens is 285 g/mol. The van der Waals surface area contributed by atoms with Crippen LogP contribution in [0.5, 0.6) is 0 Å². The van der Waals surface area contributed by atoms with E-state index in [1.54, 1.807) is 12.1 Å². The largest absolute Gasteiger partial charge is 0.395 e. The van der Waals surface area contributed by atoms with Crippen molar-refractivity contribution in [2.75, 3.05) is 6.61 Å². The lowest BCUT2D eigenvalue weighted by Gasteiger charge is -2.25. The Kier molecular flexibility index (Phi) is 5.56. The molecule has 2 N–H and O–H groups in total. The predicted molar refractivity (Wildman–Crippen MR) is 71.4 cm³/mol. The summed E-state index contributed by atoms with van der Waals surface area (Å²) in [6.45, 7) is 6.22. The first-order chi connectivity index (χ1) is 7.95. The van der Waals surface area contributed by atoms with E-state index in [4.69, 9.17) is 0 Å². The molecule has 0 aromatic heterocycles. The molecule has 0 saturated heterocycles. The maximum Gasteiger partial charge on any atom is 0.137 e. The van der Waals surface area contributed by atoms with Crippen LogP contribution >= 0.6 is 15.9 Å². The van der Waals surface area contributed by atoms with Gasteiger partial charge in [0.25, 0.3) is 0 Å². The number of hydrogen-bond acceptors (Lipinski definition) is 2. The van der Waals surface area contributed by atoms with Gasteiger partial charge in [-0.3, -0.25) is 0 Å². The number of hydrogen-bond donors (Lipinski definition) is 2. The average molecular weight is 304 g/mol. The molecule has 17 heavy (non-hydrogen) atoms. The lowest BCUT2D eigenvalue weighted by atomic mass is 10.0. The third-order valence-corrected chi connectivity index (χ3v) is 3.52. The van der Waals surface area contributed by atoms with Crippen LogP contribution in [0.4, 0.5) is 4.39 Å². The van der Waals surface area contributed by atoms with E-state index in [0.29, 0.717) is 10.4 Å². The molecule has 0 aliphatic rings. The monoisotopic (exact) mass is 303 g/mol. The molecule has 0 aliphatic carbocycles. The first kappa shape index (κ1) is 14.6. The van der Waals surface area contributed by atoms with E-state index in [9.17, 15) is 9.50 Å². The summed E-state index contributed by atoms with van der Waals surface area (Å²) < 4.78 is 13.6. The highest BCUT2D eigenvalue weighted by atomic mass is 79.9. The molecule has 0 fully saturated rings. The Labute approximate surface area is 110 Å². The Bertz CT molecular complexity index is 370. The number of halogens is 2. The summed E-state index contributed by atoms with van der Waals surface area (Å²) in [4.78, 5) is 0. The SMILES string of the molecule is CC(NC(CO)C(C)C)c1ccc(F)c(Br)c1. The van der Waals surface area contributed by atoms with Crippen molar-refractivity contribution in [2.45, 2.75) is 32.9 Å². The highest BCUT2D eigenvalue weighted by molar-refractivity contribution is 9.10. The Balaban J connectivity index is 2.75. The average Bonchev–Trinajstić information content (AvgIpc) is 2.28. The molecule has 1 aromatic rings. The van der Waals surface area contributed by atoms with Crippen molar-refractivity contribution >= 4 is 15.9 Å². The van der Waals surface area contributed by atoms with E-state index in [0.717, 1.165) is 5.56 Å². The zero-order chi connectivity index (χ0) is 13.0. The normalized spacial score (nSPS) is 15.0. The molecule has 0 amide bonds. The molecule has 0 radical (unpaired) electrons. The van der Waals surface area contributed by atoms with Crippen molar-refractivity contribution < 1.29 is 9.50 Å². The van der Waals surface area contributed by atoms with Gasteiger partial charge in [-0.2, -0.15) is 0 Å². The fourth-order valence-corrected chi connectivity index (χ4v) is 2.05. The Morgan fingerprint density at radius 3 is 2.47 bits per heavy atom. The van der Waals surface area contributed by atoms with Crippen molar-refractivity contribution in [2.24, 2.45) is 5.92 Å². The molecule has 96 valence electrons. The van der Waals surface area contributed by atoms with Gasteiger partial charge in [0.05, 0.1) is 11.1 Å². The third-order valence-electron chi connectivity index (χ3n) is 2.91. The zero-order valence-corrected chi connectivity index (χ0v) is 12.0. The molecule has 0 aliphatic heterocycles.